The molecule has 1 aliphatic heterocycles. The molecule has 0 N–H and O–H groups in total. The number of nitrogens with zero attached hydrogens (tertiary/aromatic N) is 2. The summed E-state index contributed by atoms with van der Waals surface area (Å²) in [6, 6.07) is 8.51. The van der Waals surface area contributed by atoms with Crippen LogP contribution in [0, 0.1) is 0 Å². The largest absolute Gasteiger partial charge is 0.355 e. The molecule has 2 rings (SSSR count). The molecule has 0 saturated carbocycles. The second kappa shape index (κ2) is 11.8. The van der Waals surface area contributed by atoms with Crippen molar-refractivity contribution in [2.75, 3.05) is 30.1 Å². The van der Waals surface area contributed by atoms with Gasteiger partial charge in [-0.3, -0.25) is 0 Å². The van der Waals surface area contributed by atoms with Gasteiger partial charge in [-0.2, -0.15) is 0 Å². The maximum atomic E-state index is 3.77. The van der Waals surface area contributed by atoms with E-state index >= 15 is 0 Å². The van der Waals surface area contributed by atoms with Crippen LogP contribution in [0.5, 0.6) is 0 Å². The average Bonchev–Trinajstić information content (AvgIpc) is 2.91. The van der Waals surface area contributed by atoms with Crippen LogP contribution in [0.2, 0.25) is 0 Å². The molecule has 1 aromatic rings. The van der Waals surface area contributed by atoms with E-state index in [1.165, 1.54) is 16.9 Å². The molecule has 0 fully saturated rings. The molecule has 0 aromatic heterocycles. The van der Waals surface area contributed by atoms with E-state index in [-0.39, 0.29) is 0 Å². The first-order valence-corrected chi connectivity index (χ1v) is 8.95. The minimum atomic E-state index is 0.933. The molecule has 1 heterocycles. The summed E-state index contributed by atoms with van der Waals surface area (Å²) < 4.78 is 0. The number of fused-ring (bicyclic) bond motifs is 1. The van der Waals surface area contributed by atoms with Crippen molar-refractivity contribution in [3.63, 3.8) is 0 Å². The predicted molar refractivity (Wildman–Crippen MR) is 119 cm³/mol. The molecule has 0 aliphatic carbocycles. The monoisotopic (exact) mass is 348 g/mol. The van der Waals surface area contributed by atoms with Gasteiger partial charge in [-0.15, -0.1) is 0 Å². The Morgan fingerprint density at radius 1 is 1.12 bits per heavy atom. The molecule has 1 aliphatic rings. The number of hydrogen-bond acceptors (Lipinski definition) is 2. The van der Waals surface area contributed by atoms with Crippen molar-refractivity contribution in [2.24, 2.45) is 0 Å². The topological polar surface area (TPSA) is 6.48 Å². The summed E-state index contributed by atoms with van der Waals surface area (Å²) in [7, 11) is 2.13. The van der Waals surface area contributed by atoms with Crippen molar-refractivity contribution in [1.29, 1.82) is 0 Å². The van der Waals surface area contributed by atoms with Crippen LogP contribution in [0.3, 0.4) is 0 Å². The van der Waals surface area contributed by atoms with Gasteiger partial charge in [-0.1, -0.05) is 85.0 Å². The summed E-state index contributed by atoms with van der Waals surface area (Å²) in [5, 5.41) is 0. The van der Waals surface area contributed by atoms with Crippen LogP contribution in [-0.4, -0.2) is 20.3 Å². The van der Waals surface area contributed by atoms with E-state index in [1.807, 2.05) is 32.1 Å². The van der Waals surface area contributed by atoms with Crippen LogP contribution in [0.25, 0.3) is 0 Å². The summed E-state index contributed by atoms with van der Waals surface area (Å²) in [6.07, 6.45) is 16.1. The SMILES string of the molecule is C=C(C)/C=C(C)\C=C/C.C=C/C=C\C=C/CN1CN(C)c2ccccc21. The van der Waals surface area contributed by atoms with Crippen LogP contribution in [-0.2, 0) is 0 Å². The fourth-order valence-corrected chi connectivity index (χ4v) is 2.73. The van der Waals surface area contributed by atoms with Gasteiger partial charge in [0.25, 0.3) is 0 Å². The highest BCUT2D eigenvalue weighted by atomic mass is 15.4. The Balaban J connectivity index is 0.000000321. The van der Waals surface area contributed by atoms with Gasteiger partial charge in [-0.25, -0.2) is 0 Å². The Labute approximate surface area is 159 Å². The summed E-state index contributed by atoms with van der Waals surface area (Å²) in [5.41, 5.74) is 4.98. The van der Waals surface area contributed by atoms with E-state index in [9.17, 15) is 0 Å². The highest BCUT2D eigenvalue weighted by Crippen LogP contribution is 2.33. The summed E-state index contributed by atoms with van der Waals surface area (Å²) in [4.78, 5) is 4.62. The normalized spacial score (nSPS) is 14.1. The second-order valence-electron chi connectivity index (χ2n) is 6.33. The first kappa shape index (κ1) is 21.3. The van der Waals surface area contributed by atoms with Gasteiger partial charge in [0.1, 0.15) is 0 Å². The summed E-state index contributed by atoms with van der Waals surface area (Å²) in [6.45, 7) is 15.4. The average molecular weight is 349 g/mol. The smallest absolute Gasteiger partial charge is 0.0904 e. The standard InChI is InChI=1S/C15H18N2.C9H14/c1-3-4-5-6-9-12-17-13-16(2)14-10-7-8-11-15(14)17;1-5-6-9(4)7-8(2)3/h3-11H,1,12-13H2,2H3;5-7H,2H2,1,3-4H3/b5-4-,9-6-;6-5-,9-7-. The molecule has 0 unspecified atom stereocenters. The molecule has 0 saturated heterocycles. The Kier molecular flexibility index (Phi) is 9.63. The number of benzene rings is 1. The van der Waals surface area contributed by atoms with E-state index in [0.717, 1.165) is 18.8 Å². The third kappa shape index (κ3) is 7.43. The minimum Gasteiger partial charge on any atom is -0.355 e. The zero-order chi connectivity index (χ0) is 19.4. The zero-order valence-corrected chi connectivity index (χ0v) is 16.7. The Morgan fingerprint density at radius 3 is 2.42 bits per heavy atom. The molecule has 0 spiro atoms. The molecule has 0 amide bonds. The summed E-state index contributed by atoms with van der Waals surface area (Å²) >= 11 is 0. The van der Waals surface area contributed by atoms with Gasteiger partial charge in [0.05, 0.1) is 18.0 Å². The van der Waals surface area contributed by atoms with Crippen molar-refractivity contribution in [3.8, 4) is 0 Å². The van der Waals surface area contributed by atoms with Crippen molar-refractivity contribution < 1.29 is 0 Å². The minimum absolute atomic E-state index is 0.933. The third-order valence-electron chi connectivity index (χ3n) is 3.74. The number of anilines is 2. The maximum absolute atomic E-state index is 3.77. The molecule has 1 aromatic carbocycles. The van der Waals surface area contributed by atoms with Crippen LogP contribution in [0.1, 0.15) is 20.8 Å². The maximum Gasteiger partial charge on any atom is 0.0904 e. The van der Waals surface area contributed by atoms with Gasteiger partial charge in [0.2, 0.25) is 0 Å². The molecule has 138 valence electrons. The third-order valence-corrected chi connectivity index (χ3v) is 3.74. The van der Waals surface area contributed by atoms with Gasteiger partial charge >= 0.3 is 0 Å². The fraction of sp³-hybridized carbons (Fsp3) is 0.250. The Hall–Kier alpha value is -2.74. The molecular weight excluding hydrogens is 316 g/mol. The highest BCUT2D eigenvalue weighted by molar-refractivity contribution is 5.75. The molecule has 2 heteroatoms. The van der Waals surface area contributed by atoms with Crippen LogP contribution in [0.15, 0.2) is 97.2 Å². The van der Waals surface area contributed by atoms with Crippen molar-refractivity contribution in [3.05, 3.63) is 97.2 Å². The molecule has 0 atom stereocenters. The van der Waals surface area contributed by atoms with E-state index in [2.05, 4.69) is 85.5 Å². The first-order valence-electron chi connectivity index (χ1n) is 8.95. The van der Waals surface area contributed by atoms with Gasteiger partial charge < -0.3 is 9.80 Å². The molecule has 0 radical (unpaired) electrons. The first-order chi connectivity index (χ1) is 12.5. The lowest BCUT2D eigenvalue weighted by atomic mass is 10.2. The Morgan fingerprint density at radius 2 is 1.81 bits per heavy atom. The number of para-hydroxylation sites is 2. The molecule has 26 heavy (non-hydrogen) atoms. The molecule has 0 bridgehead atoms. The quantitative estimate of drug-likeness (QED) is 0.558. The van der Waals surface area contributed by atoms with Gasteiger partial charge in [0, 0.05) is 13.6 Å². The van der Waals surface area contributed by atoms with Crippen molar-refractivity contribution >= 4 is 11.4 Å². The lowest BCUT2D eigenvalue weighted by Crippen LogP contribution is -2.28. The second-order valence-corrected chi connectivity index (χ2v) is 6.33. The van der Waals surface area contributed by atoms with Gasteiger partial charge in [0.15, 0.2) is 0 Å². The van der Waals surface area contributed by atoms with E-state index < -0.39 is 0 Å². The molecule has 2 nitrogen and oxygen atoms in total. The Bertz CT molecular complexity index is 705. The fourth-order valence-electron chi connectivity index (χ4n) is 2.73. The van der Waals surface area contributed by atoms with Gasteiger partial charge in [-0.05, 0) is 32.9 Å². The van der Waals surface area contributed by atoms with E-state index in [0.29, 0.717) is 0 Å². The van der Waals surface area contributed by atoms with E-state index in [1.54, 1.807) is 6.08 Å². The van der Waals surface area contributed by atoms with Crippen molar-refractivity contribution in [1.82, 2.24) is 0 Å². The van der Waals surface area contributed by atoms with Crippen LogP contribution >= 0.6 is 0 Å². The number of allylic oxidation sites excluding steroid dienone is 9. The molecular formula is C24H32N2. The van der Waals surface area contributed by atoms with Crippen LogP contribution in [0.4, 0.5) is 11.4 Å². The van der Waals surface area contributed by atoms with Crippen LogP contribution < -0.4 is 9.80 Å². The predicted octanol–water partition coefficient (Wildman–Crippen LogP) is 6.28. The zero-order valence-electron chi connectivity index (χ0n) is 16.7. The highest BCUT2D eigenvalue weighted by Gasteiger charge is 2.20. The number of rotatable bonds is 6. The van der Waals surface area contributed by atoms with Crippen molar-refractivity contribution in [2.45, 2.75) is 20.8 Å². The van der Waals surface area contributed by atoms with E-state index in [4.69, 9.17) is 0 Å². The summed E-state index contributed by atoms with van der Waals surface area (Å²) in [5.74, 6) is 0. The number of hydrogen-bond donors (Lipinski definition) is 0. The lowest BCUT2D eigenvalue weighted by molar-refractivity contribution is 0.874. The lowest BCUT2D eigenvalue weighted by Gasteiger charge is -2.16.